The molecule has 0 N–H and O–H groups in total. The van der Waals surface area contributed by atoms with Gasteiger partial charge in [-0.1, -0.05) is 39.6 Å². The van der Waals surface area contributed by atoms with Gasteiger partial charge in [0.1, 0.15) is 0 Å². The van der Waals surface area contributed by atoms with Crippen LogP contribution in [0.1, 0.15) is 26.7 Å². The Kier molecular flexibility index (Phi) is 8.97. The summed E-state index contributed by atoms with van der Waals surface area (Å²) in [7, 11) is -0.959. The van der Waals surface area contributed by atoms with Crippen LogP contribution >= 0.6 is 11.8 Å². The highest BCUT2D eigenvalue weighted by atomic mass is 32.2. The molecule has 0 bridgehead atoms. The van der Waals surface area contributed by atoms with E-state index in [0.29, 0.717) is 0 Å². The molecule has 0 spiro atoms. The molecule has 0 aromatic rings. The number of thioether (sulfide) groups is 1. The third-order valence-corrected chi connectivity index (χ3v) is 4.84. The van der Waals surface area contributed by atoms with Gasteiger partial charge in [-0.25, -0.2) is 0 Å². The van der Waals surface area contributed by atoms with E-state index in [2.05, 4.69) is 57.0 Å². The SMILES string of the molecule is CS/C(=C\CCN=CCC(C)C)C[Si](C)(C)C. The van der Waals surface area contributed by atoms with Gasteiger partial charge in [-0.3, -0.25) is 4.99 Å². The van der Waals surface area contributed by atoms with Crippen LogP contribution < -0.4 is 0 Å². The summed E-state index contributed by atoms with van der Waals surface area (Å²) in [4.78, 5) is 6.01. The Bertz CT molecular complexity index is 251. The standard InChI is InChI=1S/C14H29NSSi/c1-13(2)9-11-15-10-7-8-14(16-3)12-17(4,5)6/h8,11,13H,7,9-10,12H2,1-6H3/b14-8-,15-11?. The maximum absolute atomic E-state index is 4.45. The Hall–Kier alpha value is -0.0231. The Labute approximate surface area is 113 Å². The lowest BCUT2D eigenvalue weighted by atomic mass is 10.2. The van der Waals surface area contributed by atoms with Crippen molar-refractivity contribution < 1.29 is 0 Å². The van der Waals surface area contributed by atoms with Crippen molar-refractivity contribution in [3.8, 4) is 0 Å². The fourth-order valence-corrected chi connectivity index (χ4v) is 4.78. The second-order valence-electron chi connectivity index (χ2n) is 6.12. The Balaban J connectivity index is 3.91. The van der Waals surface area contributed by atoms with Crippen molar-refractivity contribution in [2.45, 2.75) is 52.4 Å². The first kappa shape index (κ1) is 17.0. The van der Waals surface area contributed by atoms with E-state index in [0.717, 1.165) is 25.3 Å². The van der Waals surface area contributed by atoms with Crippen LogP contribution in [0.4, 0.5) is 0 Å². The number of hydrogen-bond donors (Lipinski definition) is 0. The number of allylic oxidation sites excluding steroid dienone is 1. The second-order valence-corrected chi connectivity index (χ2v) is 12.5. The normalized spacial score (nSPS) is 13.9. The molecule has 0 amide bonds. The van der Waals surface area contributed by atoms with Crippen LogP contribution in [0.2, 0.25) is 25.7 Å². The predicted molar refractivity (Wildman–Crippen MR) is 87.2 cm³/mol. The summed E-state index contributed by atoms with van der Waals surface area (Å²) in [5.74, 6) is 0.725. The van der Waals surface area contributed by atoms with Crippen molar-refractivity contribution in [1.82, 2.24) is 0 Å². The van der Waals surface area contributed by atoms with E-state index in [1.54, 1.807) is 4.91 Å². The molecule has 0 saturated heterocycles. The zero-order valence-electron chi connectivity index (χ0n) is 12.4. The van der Waals surface area contributed by atoms with Crippen LogP contribution in [-0.2, 0) is 0 Å². The minimum Gasteiger partial charge on any atom is -0.297 e. The molecule has 0 unspecified atom stereocenters. The lowest BCUT2D eigenvalue weighted by molar-refractivity contribution is 0.689. The highest BCUT2D eigenvalue weighted by Gasteiger charge is 2.14. The molecule has 3 heteroatoms. The molecule has 0 aromatic carbocycles. The molecular weight excluding hydrogens is 242 g/mol. The highest BCUT2D eigenvalue weighted by Crippen LogP contribution is 2.24. The molecule has 0 aromatic heterocycles. The van der Waals surface area contributed by atoms with Gasteiger partial charge in [-0.2, -0.15) is 0 Å². The van der Waals surface area contributed by atoms with Crippen molar-refractivity contribution in [3.05, 3.63) is 11.0 Å². The minimum atomic E-state index is -0.959. The minimum absolute atomic E-state index is 0.725. The van der Waals surface area contributed by atoms with E-state index in [1.807, 2.05) is 11.8 Å². The topological polar surface area (TPSA) is 12.4 Å². The largest absolute Gasteiger partial charge is 0.297 e. The van der Waals surface area contributed by atoms with Crippen molar-refractivity contribution in [1.29, 1.82) is 0 Å². The van der Waals surface area contributed by atoms with Gasteiger partial charge in [0, 0.05) is 14.6 Å². The molecule has 17 heavy (non-hydrogen) atoms. The van der Waals surface area contributed by atoms with Crippen molar-refractivity contribution >= 4 is 26.1 Å². The summed E-state index contributed by atoms with van der Waals surface area (Å²) < 4.78 is 0. The first-order valence-electron chi connectivity index (χ1n) is 6.56. The molecule has 0 saturated carbocycles. The smallest absolute Gasteiger partial charge is 0.0493 e. The fraction of sp³-hybridized carbons (Fsp3) is 0.786. The Morgan fingerprint density at radius 2 is 1.94 bits per heavy atom. The molecule has 0 fully saturated rings. The number of hydrogen-bond acceptors (Lipinski definition) is 2. The second kappa shape index (κ2) is 8.98. The average molecular weight is 272 g/mol. The van der Waals surface area contributed by atoms with Crippen LogP contribution in [0.25, 0.3) is 0 Å². The van der Waals surface area contributed by atoms with Gasteiger partial charge < -0.3 is 0 Å². The van der Waals surface area contributed by atoms with E-state index in [4.69, 9.17) is 0 Å². The maximum atomic E-state index is 4.45. The Morgan fingerprint density at radius 3 is 2.41 bits per heavy atom. The molecule has 0 atom stereocenters. The summed E-state index contributed by atoms with van der Waals surface area (Å²) in [5, 5.41) is 0. The summed E-state index contributed by atoms with van der Waals surface area (Å²) in [5.41, 5.74) is 0. The average Bonchev–Trinajstić information content (AvgIpc) is 2.19. The number of rotatable bonds is 8. The van der Waals surface area contributed by atoms with Crippen molar-refractivity contribution in [3.63, 3.8) is 0 Å². The molecule has 0 heterocycles. The quantitative estimate of drug-likeness (QED) is 0.341. The lowest BCUT2D eigenvalue weighted by Gasteiger charge is -2.16. The molecule has 0 aliphatic heterocycles. The fourth-order valence-electron chi connectivity index (χ4n) is 1.43. The lowest BCUT2D eigenvalue weighted by Crippen LogP contribution is -2.19. The van der Waals surface area contributed by atoms with Crippen LogP contribution in [0.5, 0.6) is 0 Å². The van der Waals surface area contributed by atoms with Crippen molar-refractivity contribution in [2.75, 3.05) is 12.8 Å². The van der Waals surface area contributed by atoms with Crippen molar-refractivity contribution in [2.24, 2.45) is 10.9 Å². The Morgan fingerprint density at radius 1 is 1.29 bits per heavy atom. The first-order valence-corrected chi connectivity index (χ1v) is 11.5. The van der Waals surface area contributed by atoms with Gasteiger partial charge in [0.15, 0.2) is 0 Å². The van der Waals surface area contributed by atoms with E-state index in [9.17, 15) is 0 Å². The van der Waals surface area contributed by atoms with Crippen LogP contribution in [-0.4, -0.2) is 27.1 Å². The van der Waals surface area contributed by atoms with E-state index in [-0.39, 0.29) is 0 Å². The van der Waals surface area contributed by atoms with Gasteiger partial charge in [-0.05, 0) is 42.2 Å². The third kappa shape index (κ3) is 12.2. The van der Waals surface area contributed by atoms with E-state index >= 15 is 0 Å². The summed E-state index contributed by atoms with van der Waals surface area (Å²) in [6.45, 7) is 12.7. The summed E-state index contributed by atoms with van der Waals surface area (Å²) >= 11 is 1.91. The summed E-state index contributed by atoms with van der Waals surface area (Å²) in [6.07, 6.45) is 8.85. The van der Waals surface area contributed by atoms with Gasteiger partial charge in [0.2, 0.25) is 0 Å². The van der Waals surface area contributed by atoms with E-state index < -0.39 is 8.07 Å². The van der Waals surface area contributed by atoms with Gasteiger partial charge in [0.25, 0.3) is 0 Å². The third-order valence-electron chi connectivity index (χ3n) is 2.30. The molecule has 0 radical (unpaired) electrons. The molecule has 0 aliphatic carbocycles. The number of nitrogens with zero attached hydrogens (tertiary/aromatic N) is 1. The van der Waals surface area contributed by atoms with Crippen LogP contribution in [0, 0.1) is 5.92 Å². The van der Waals surface area contributed by atoms with E-state index in [1.165, 1.54) is 6.04 Å². The summed E-state index contributed by atoms with van der Waals surface area (Å²) in [6, 6.07) is 1.31. The zero-order chi connectivity index (χ0) is 13.3. The van der Waals surface area contributed by atoms with Gasteiger partial charge in [-0.15, -0.1) is 11.8 Å². The van der Waals surface area contributed by atoms with Gasteiger partial charge >= 0.3 is 0 Å². The maximum Gasteiger partial charge on any atom is 0.0493 e. The predicted octanol–water partition coefficient (Wildman–Crippen LogP) is 5.08. The number of aliphatic imine (C=N–C) groups is 1. The zero-order valence-corrected chi connectivity index (χ0v) is 14.2. The van der Waals surface area contributed by atoms with Crippen LogP contribution in [0.15, 0.2) is 16.0 Å². The first-order chi connectivity index (χ1) is 7.85. The molecule has 0 aliphatic rings. The highest BCUT2D eigenvalue weighted by molar-refractivity contribution is 8.02. The molecule has 100 valence electrons. The molecule has 0 rings (SSSR count). The molecular formula is C14H29NSSi. The molecule has 1 nitrogen and oxygen atoms in total. The van der Waals surface area contributed by atoms with Crippen LogP contribution in [0.3, 0.4) is 0 Å². The van der Waals surface area contributed by atoms with Gasteiger partial charge in [0.05, 0.1) is 0 Å². The monoisotopic (exact) mass is 271 g/mol.